The van der Waals surface area contributed by atoms with Gasteiger partial charge in [0.1, 0.15) is 11.3 Å². The number of hydrogen-bond acceptors (Lipinski definition) is 5. The molecule has 1 aliphatic heterocycles. The molecular formula is C22H25N3O2S. The number of nitrogens with one attached hydrogen (secondary N) is 2. The second kappa shape index (κ2) is 7.35. The van der Waals surface area contributed by atoms with E-state index >= 15 is 0 Å². The number of ketones is 1. The van der Waals surface area contributed by atoms with Crippen LogP contribution in [0.5, 0.6) is 0 Å². The van der Waals surface area contributed by atoms with E-state index in [9.17, 15) is 9.59 Å². The van der Waals surface area contributed by atoms with Gasteiger partial charge in [0.15, 0.2) is 0 Å². The van der Waals surface area contributed by atoms with E-state index in [0.717, 1.165) is 11.1 Å². The van der Waals surface area contributed by atoms with Crippen molar-refractivity contribution in [3.8, 4) is 0 Å². The first-order chi connectivity index (χ1) is 13.5. The van der Waals surface area contributed by atoms with Gasteiger partial charge in [-0.05, 0) is 11.1 Å². The quantitative estimate of drug-likeness (QED) is 0.588. The van der Waals surface area contributed by atoms with E-state index in [0.29, 0.717) is 0 Å². The van der Waals surface area contributed by atoms with Crippen LogP contribution in [0.3, 0.4) is 0 Å². The lowest BCUT2D eigenvalue weighted by Crippen LogP contribution is -2.73. The van der Waals surface area contributed by atoms with Gasteiger partial charge in [-0.15, -0.1) is 12.6 Å². The summed E-state index contributed by atoms with van der Waals surface area (Å²) >= 11 is 4.37. The molecule has 2 aromatic rings. The van der Waals surface area contributed by atoms with E-state index in [-0.39, 0.29) is 35.9 Å². The van der Waals surface area contributed by atoms with Gasteiger partial charge in [0.25, 0.3) is 0 Å². The molecule has 2 aromatic carbocycles. The minimum Gasteiger partial charge on any atom is -0.331 e. The molecule has 6 atom stereocenters. The molecule has 5 nitrogen and oxygen atoms in total. The molecule has 1 saturated heterocycles. The van der Waals surface area contributed by atoms with Crippen LogP contribution in [-0.4, -0.2) is 23.4 Å². The van der Waals surface area contributed by atoms with Gasteiger partial charge in [-0.3, -0.25) is 14.9 Å². The van der Waals surface area contributed by atoms with Gasteiger partial charge in [0.2, 0.25) is 5.91 Å². The van der Waals surface area contributed by atoms with Crippen molar-refractivity contribution in [2.45, 2.75) is 36.8 Å². The minimum atomic E-state index is -1.00. The van der Waals surface area contributed by atoms with Crippen molar-refractivity contribution in [1.82, 2.24) is 10.6 Å². The maximum atomic E-state index is 13.6. The van der Waals surface area contributed by atoms with Crippen LogP contribution in [0.15, 0.2) is 60.7 Å². The lowest BCUT2D eigenvalue weighted by Gasteiger charge is -2.56. The molecule has 0 radical (unpaired) electrons. The molecule has 0 aromatic heterocycles. The molecular weight excluding hydrogens is 370 g/mol. The third-order valence-corrected chi connectivity index (χ3v) is 6.66. The number of carbonyl (C=O) groups excluding carboxylic acids is 2. The molecule has 1 saturated carbocycles. The summed E-state index contributed by atoms with van der Waals surface area (Å²) in [4.78, 5) is 26.7. The topological polar surface area (TPSA) is 84.2 Å². The highest BCUT2D eigenvalue weighted by Crippen LogP contribution is 2.58. The van der Waals surface area contributed by atoms with Gasteiger partial charge in [-0.1, -0.05) is 67.6 Å². The van der Waals surface area contributed by atoms with Crippen LogP contribution in [0, 0.1) is 11.3 Å². The lowest BCUT2D eigenvalue weighted by molar-refractivity contribution is -0.149. The zero-order valence-electron chi connectivity index (χ0n) is 15.7. The fourth-order valence-electron chi connectivity index (χ4n) is 5.13. The second-order valence-electron chi connectivity index (χ2n) is 7.76. The maximum absolute atomic E-state index is 13.6. The summed E-state index contributed by atoms with van der Waals surface area (Å²) in [6.07, 6.45) is -0.358. The summed E-state index contributed by atoms with van der Waals surface area (Å²) in [5, 5.41) is 6.13. The highest BCUT2D eigenvalue weighted by atomic mass is 32.1. The predicted molar refractivity (Wildman–Crippen MR) is 112 cm³/mol. The van der Waals surface area contributed by atoms with E-state index in [1.807, 2.05) is 67.6 Å². The normalized spacial score (nSPS) is 35.6. The molecule has 4 N–H and O–H groups in total. The van der Waals surface area contributed by atoms with Crippen molar-refractivity contribution in [2.24, 2.45) is 17.1 Å². The van der Waals surface area contributed by atoms with Crippen molar-refractivity contribution >= 4 is 24.3 Å². The minimum absolute atomic E-state index is 0.152. The number of thiol groups is 1. The van der Waals surface area contributed by atoms with Gasteiger partial charge >= 0.3 is 0 Å². The number of Topliss-reactive ketones (excluding diaryl/α,β-unsaturated/α-hetero) is 1. The van der Waals surface area contributed by atoms with E-state index < -0.39 is 17.1 Å². The molecule has 0 bridgehead atoms. The fraction of sp³-hybridized carbons (Fsp3) is 0.364. The van der Waals surface area contributed by atoms with Crippen molar-refractivity contribution in [2.75, 3.05) is 0 Å². The SMILES string of the molecule is CC1C(=O)CC(c2ccccc2)C2(C(=O)NC(S)NC2N)C1c1ccccc1. The first kappa shape index (κ1) is 19.2. The van der Waals surface area contributed by atoms with Gasteiger partial charge in [0, 0.05) is 24.2 Å². The molecule has 6 unspecified atom stereocenters. The predicted octanol–water partition coefficient (Wildman–Crippen LogP) is 2.37. The van der Waals surface area contributed by atoms with E-state index in [4.69, 9.17) is 5.73 Å². The zero-order chi connectivity index (χ0) is 19.9. The highest BCUT2D eigenvalue weighted by molar-refractivity contribution is 7.80. The van der Waals surface area contributed by atoms with Crippen LogP contribution in [0.25, 0.3) is 0 Å². The third kappa shape index (κ3) is 2.87. The van der Waals surface area contributed by atoms with Crippen molar-refractivity contribution in [3.63, 3.8) is 0 Å². The molecule has 1 aliphatic carbocycles. The Morgan fingerprint density at radius 2 is 1.57 bits per heavy atom. The summed E-state index contributed by atoms with van der Waals surface area (Å²) in [6.45, 7) is 1.91. The molecule has 2 aliphatic rings. The molecule has 28 heavy (non-hydrogen) atoms. The smallest absolute Gasteiger partial charge is 0.232 e. The maximum Gasteiger partial charge on any atom is 0.232 e. The molecule has 146 valence electrons. The third-order valence-electron chi connectivity index (χ3n) is 6.38. The van der Waals surface area contributed by atoms with Crippen LogP contribution >= 0.6 is 12.6 Å². The Morgan fingerprint density at radius 3 is 2.14 bits per heavy atom. The standard InChI is InChI=1S/C22H25N3O2S/c1-13-17(26)12-16(14-8-4-2-5-9-14)22(18(13)15-10-6-3-7-11-15)19(23)24-21(28)25-20(22)27/h2-11,13,16,18-19,21,24,28H,12,23H2,1H3,(H,25,27). The van der Waals surface area contributed by atoms with E-state index in [1.165, 1.54) is 0 Å². The van der Waals surface area contributed by atoms with Crippen LogP contribution in [0.2, 0.25) is 0 Å². The average molecular weight is 396 g/mol. The highest BCUT2D eigenvalue weighted by Gasteiger charge is 2.63. The second-order valence-corrected chi connectivity index (χ2v) is 8.28. The molecule has 1 heterocycles. The Balaban J connectivity index is 1.96. The summed E-state index contributed by atoms with van der Waals surface area (Å²) < 4.78 is 0. The molecule has 2 fully saturated rings. The molecule has 6 heteroatoms. The van der Waals surface area contributed by atoms with Gasteiger partial charge in [-0.25, -0.2) is 0 Å². The Labute approximate surface area is 170 Å². The van der Waals surface area contributed by atoms with Gasteiger partial charge < -0.3 is 11.1 Å². The van der Waals surface area contributed by atoms with E-state index in [2.05, 4.69) is 23.3 Å². The largest absolute Gasteiger partial charge is 0.331 e. The average Bonchev–Trinajstić information content (AvgIpc) is 2.69. The van der Waals surface area contributed by atoms with Crippen LogP contribution < -0.4 is 16.4 Å². The number of rotatable bonds is 2. The van der Waals surface area contributed by atoms with Crippen molar-refractivity contribution in [1.29, 1.82) is 0 Å². The molecule has 4 rings (SSSR count). The number of benzene rings is 2. The number of nitrogens with two attached hydrogens (primary N) is 1. The number of amides is 1. The number of hydrogen-bond donors (Lipinski definition) is 4. The van der Waals surface area contributed by atoms with Gasteiger partial charge in [0.05, 0.1) is 11.6 Å². The van der Waals surface area contributed by atoms with Crippen molar-refractivity contribution in [3.05, 3.63) is 71.8 Å². The summed E-state index contributed by atoms with van der Waals surface area (Å²) in [5.41, 5.74) is 7.04. The van der Waals surface area contributed by atoms with Crippen LogP contribution in [0.1, 0.15) is 36.3 Å². The summed E-state index contributed by atoms with van der Waals surface area (Å²) in [6, 6.07) is 19.5. The first-order valence-electron chi connectivity index (χ1n) is 9.59. The van der Waals surface area contributed by atoms with Crippen molar-refractivity contribution < 1.29 is 9.59 Å². The fourth-order valence-corrected chi connectivity index (χ4v) is 5.40. The van der Waals surface area contributed by atoms with Gasteiger partial charge in [-0.2, -0.15) is 0 Å². The first-order valence-corrected chi connectivity index (χ1v) is 10.1. The number of carbonyl (C=O) groups is 2. The molecule has 1 spiro atoms. The molecule has 1 amide bonds. The Hall–Kier alpha value is -2.15. The Bertz CT molecular complexity index is 876. The Kier molecular flexibility index (Phi) is 5.04. The van der Waals surface area contributed by atoms with Crippen LogP contribution in [0.4, 0.5) is 0 Å². The van der Waals surface area contributed by atoms with E-state index in [1.54, 1.807) is 0 Å². The lowest BCUT2D eigenvalue weighted by atomic mass is 9.51. The summed E-state index contributed by atoms with van der Waals surface area (Å²) in [7, 11) is 0. The van der Waals surface area contributed by atoms with Crippen LogP contribution in [-0.2, 0) is 9.59 Å². The monoisotopic (exact) mass is 395 g/mol. The summed E-state index contributed by atoms with van der Waals surface area (Å²) in [5.74, 6) is -0.992. The zero-order valence-corrected chi connectivity index (χ0v) is 16.6. The Morgan fingerprint density at radius 1 is 1.00 bits per heavy atom.